The monoisotopic (exact) mass is 1530 g/mol. The van der Waals surface area contributed by atoms with Gasteiger partial charge < -0.3 is 19.3 Å². The maximum atomic E-state index is 6.27. The Labute approximate surface area is 698 Å². The molecule has 2 aliphatic carbocycles. The van der Waals surface area contributed by atoms with Gasteiger partial charge in [0, 0.05) is 45.0 Å². The maximum Gasteiger partial charge on any atom is 0.119 e. The normalized spacial score (nSPS) is 14.7. The molecule has 0 N–H and O–H groups in total. The van der Waals surface area contributed by atoms with Gasteiger partial charge in [0.25, 0.3) is 0 Å². The van der Waals surface area contributed by atoms with E-state index < -0.39 is 10.8 Å². The number of rotatable bonds is 27. The van der Waals surface area contributed by atoms with Crippen molar-refractivity contribution in [3.63, 3.8) is 0 Å². The predicted molar refractivity (Wildman–Crippen MR) is 502 cm³/mol. The molecule has 0 heterocycles. The summed E-state index contributed by atoms with van der Waals surface area (Å²) in [4.78, 5) is 5.00. The maximum absolute atomic E-state index is 6.27. The number of fused-ring (bicyclic) bond motifs is 12. The average molecular weight is 1530 g/mol. The first-order valence-electron chi connectivity index (χ1n) is 42.7. The van der Waals surface area contributed by atoms with Gasteiger partial charge in [-0.05, 0) is 266 Å². The van der Waals surface area contributed by atoms with Gasteiger partial charge in [-0.1, -0.05) is 348 Å². The highest BCUT2D eigenvalue weighted by atomic mass is 16.5. The fraction of sp³-hybridized carbons (Fsp3) is 0.193. The smallest absolute Gasteiger partial charge is 0.119 e. The summed E-state index contributed by atoms with van der Waals surface area (Å²) in [5, 5.41) is 9.88. The molecule has 16 aromatic carbocycles. The summed E-state index contributed by atoms with van der Waals surface area (Å²) < 4.78 is 12.5. The van der Waals surface area contributed by atoms with E-state index in [1.54, 1.807) is 0 Å². The van der Waals surface area contributed by atoms with Gasteiger partial charge in [-0.15, -0.1) is 0 Å². The van der Waals surface area contributed by atoms with E-state index >= 15 is 0 Å². The molecule has 4 nitrogen and oxygen atoms in total. The first-order valence-corrected chi connectivity index (χ1v) is 42.7. The van der Waals surface area contributed by atoms with E-state index in [0.29, 0.717) is 13.2 Å². The number of hydrogen-bond donors (Lipinski definition) is 0. The SMILES string of the molecule is C=Cc1ccc(OCCCCCCC2(c3ccc(C(C)(C)C)cc3)c3ccccc3-c3ccc(N(c4ccc(-c5ccc(N(c6ccc7c(c6)C(CCCCCCOc6ccc(C=C)cc6)(c6ccc(C(C)(C)C)cc6)c6ccccc6-7)c6ccc7c(ccc8ccccc87)c6)cc5)cc4)c4ccc5c(ccc6ccccc65)c4)cc32)cc1. The van der Waals surface area contributed by atoms with Crippen LogP contribution in [-0.4, -0.2) is 13.2 Å². The molecule has 0 fully saturated rings. The minimum absolute atomic E-state index is 0.00855. The van der Waals surface area contributed by atoms with Crippen molar-refractivity contribution in [2.45, 2.75) is 127 Å². The Balaban J connectivity index is 0.708. The van der Waals surface area contributed by atoms with Gasteiger partial charge >= 0.3 is 0 Å². The molecule has 0 saturated heterocycles. The highest BCUT2D eigenvalue weighted by molar-refractivity contribution is 6.10. The lowest BCUT2D eigenvalue weighted by molar-refractivity contribution is 0.303. The van der Waals surface area contributed by atoms with Crippen molar-refractivity contribution in [3.8, 4) is 44.9 Å². The van der Waals surface area contributed by atoms with Crippen molar-refractivity contribution in [2.24, 2.45) is 0 Å². The van der Waals surface area contributed by atoms with Gasteiger partial charge in [-0.25, -0.2) is 0 Å². The van der Waals surface area contributed by atoms with Gasteiger partial charge in [-0.3, -0.25) is 0 Å². The van der Waals surface area contributed by atoms with Crippen molar-refractivity contribution in [1.82, 2.24) is 0 Å². The van der Waals surface area contributed by atoms with Crippen molar-refractivity contribution < 1.29 is 9.47 Å². The minimum atomic E-state index is -0.405. The van der Waals surface area contributed by atoms with Crippen LogP contribution in [0.15, 0.2) is 353 Å². The molecule has 0 bridgehead atoms. The zero-order valence-corrected chi connectivity index (χ0v) is 69.1. The molecule has 0 aliphatic heterocycles. The third-order valence-corrected chi connectivity index (χ3v) is 25.5. The molecule has 0 aromatic heterocycles. The van der Waals surface area contributed by atoms with E-state index in [0.717, 1.165) is 132 Å². The lowest BCUT2D eigenvalue weighted by atomic mass is 9.68. The second-order valence-electron chi connectivity index (χ2n) is 34.7. The number of anilines is 6. The molecule has 2 atom stereocenters. The zero-order chi connectivity index (χ0) is 80.5. The quantitative estimate of drug-likeness (QED) is 0.0378. The first-order chi connectivity index (χ1) is 57.6. The van der Waals surface area contributed by atoms with Crippen LogP contribution in [0.5, 0.6) is 11.5 Å². The van der Waals surface area contributed by atoms with Gasteiger partial charge in [-0.2, -0.15) is 0 Å². The van der Waals surface area contributed by atoms with Gasteiger partial charge in [0.15, 0.2) is 0 Å². The first kappa shape index (κ1) is 76.5. The van der Waals surface area contributed by atoms with Crippen LogP contribution in [0, 0.1) is 0 Å². The summed E-state index contributed by atoms with van der Waals surface area (Å²) >= 11 is 0. The fourth-order valence-corrected chi connectivity index (χ4v) is 19.2. The number of ether oxygens (including phenoxy) is 2. The van der Waals surface area contributed by atoms with Crippen LogP contribution in [0.1, 0.15) is 161 Å². The zero-order valence-electron chi connectivity index (χ0n) is 69.1. The van der Waals surface area contributed by atoms with E-state index in [1.807, 2.05) is 36.4 Å². The minimum Gasteiger partial charge on any atom is -0.494 e. The van der Waals surface area contributed by atoms with Crippen LogP contribution >= 0.6 is 0 Å². The standard InChI is InChI=1S/C114H104N2O2/c1-9-79-35-63-97(64-36-79)117-73-25-13-11-23-71-113(89-51-47-87(48-52-89)111(3,4)5)107-33-21-19-31-103(107)105-69-61-95(77-109(105)113)115(93-59-67-101-85(75-93)41-39-83-27-15-17-29-99(83)101)91-55-43-81(44-56-91)82-45-57-92(58-46-82)116(94-60-68-102-86(76-94)42-40-84-28-16-18-30-100(84)102)96-62-70-106-104-32-20-22-34-108(104)114(110(106)78-96,90-53-49-88(50-54-90)112(6,7)8)72-24-12-14-26-74-118-98-65-37-80(10-2)38-66-98/h9-10,15-22,27-70,75-78H,1-2,11-14,23-26,71-74H2,3-8H3. The number of benzene rings is 16. The summed E-state index contributed by atoms with van der Waals surface area (Å²) in [6.07, 6.45) is 14.1. The van der Waals surface area contributed by atoms with E-state index in [-0.39, 0.29) is 10.8 Å². The summed E-state index contributed by atoms with van der Waals surface area (Å²) in [6, 6.07) is 128. The van der Waals surface area contributed by atoms with Crippen LogP contribution in [0.25, 0.3) is 88.6 Å². The van der Waals surface area contributed by atoms with Gasteiger partial charge in [0.2, 0.25) is 0 Å². The average Bonchev–Trinajstić information content (AvgIpc) is 1.55. The highest BCUT2D eigenvalue weighted by Crippen LogP contribution is 2.59. The molecule has 0 radical (unpaired) electrons. The molecule has 582 valence electrons. The Bertz CT molecular complexity index is 5970. The molecule has 2 unspecified atom stereocenters. The van der Waals surface area contributed by atoms with Crippen LogP contribution in [0.4, 0.5) is 34.1 Å². The second-order valence-corrected chi connectivity index (χ2v) is 34.7. The lowest BCUT2D eigenvalue weighted by Gasteiger charge is -2.35. The molecule has 0 amide bonds. The number of hydrogen-bond acceptors (Lipinski definition) is 4. The van der Waals surface area contributed by atoms with E-state index in [4.69, 9.17) is 9.47 Å². The number of nitrogens with zero attached hydrogens (tertiary/aromatic N) is 2. The van der Waals surface area contributed by atoms with Crippen LogP contribution in [0.3, 0.4) is 0 Å². The summed E-state index contributed by atoms with van der Waals surface area (Å²) in [5.41, 5.74) is 26.3. The second kappa shape index (κ2) is 32.4. The van der Waals surface area contributed by atoms with Crippen molar-refractivity contribution in [2.75, 3.05) is 23.0 Å². The Hall–Kier alpha value is -12.8. The summed E-state index contributed by atoms with van der Waals surface area (Å²) in [5.74, 6) is 1.81. The van der Waals surface area contributed by atoms with Crippen molar-refractivity contribution >= 4 is 89.4 Å². The highest BCUT2D eigenvalue weighted by Gasteiger charge is 2.47. The third kappa shape index (κ3) is 14.7. The Morgan fingerprint density at radius 2 is 0.610 bits per heavy atom. The molecular weight excluding hydrogens is 1430 g/mol. The van der Waals surface area contributed by atoms with E-state index in [9.17, 15) is 0 Å². The summed E-state index contributed by atoms with van der Waals surface area (Å²) in [7, 11) is 0. The van der Waals surface area contributed by atoms with Crippen molar-refractivity contribution in [3.05, 3.63) is 409 Å². The van der Waals surface area contributed by atoms with Crippen molar-refractivity contribution in [1.29, 1.82) is 0 Å². The van der Waals surface area contributed by atoms with E-state index in [2.05, 4.69) is 380 Å². The van der Waals surface area contributed by atoms with Gasteiger partial charge in [0.05, 0.1) is 13.2 Å². The Morgan fingerprint density at radius 1 is 0.280 bits per heavy atom. The molecule has 2 aliphatic rings. The molecule has 18 rings (SSSR count). The van der Waals surface area contributed by atoms with Crippen LogP contribution < -0.4 is 19.3 Å². The summed E-state index contributed by atoms with van der Waals surface area (Å²) in [6.45, 7) is 23.2. The predicted octanol–water partition coefficient (Wildman–Crippen LogP) is 31.5. The van der Waals surface area contributed by atoms with Crippen LogP contribution in [-0.2, 0) is 21.7 Å². The van der Waals surface area contributed by atoms with Gasteiger partial charge in [0.1, 0.15) is 11.5 Å². The lowest BCUT2D eigenvalue weighted by Crippen LogP contribution is -2.27. The molecule has 16 aromatic rings. The van der Waals surface area contributed by atoms with Crippen LogP contribution in [0.2, 0.25) is 0 Å². The Morgan fingerprint density at radius 3 is 1.01 bits per heavy atom. The molecule has 0 saturated carbocycles. The molecular formula is C114H104N2O2. The molecule has 0 spiro atoms. The molecule has 4 heteroatoms. The largest absolute Gasteiger partial charge is 0.494 e. The Kier molecular flexibility index (Phi) is 21.0. The van der Waals surface area contributed by atoms with E-state index in [1.165, 1.54) is 110 Å². The third-order valence-electron chi connectivity index (χ3n) is 25.5. The molecule has 118 heavy (non-hydrogen) atoms. The number of unbranched alkanes of at least 4 members (excludes halogenated alkanes) is 6. The fourth-order valence-electron chi connectivity index (χ4n) is 19.2. The topological polar surface area (TPSA) is 24.9 Å².